The number of ether oxygens (including phenoxy) is 2. The number of carbonyl (C=O) groups is 2. The summed E-state index contributed by atoms with van der Waals surface area (Å²) >= 11 is 12.2. The first kappa shape index (κ1) is 29.3. The SMILES string of the molecule is CC(C)(C)OC(=O)N1CCN(c2ccc(C(=O)NC3C(C)(C)C(Oc4ccc(Cl)c(Cl)c4)C3(C)C)cn2)CC1. The van der Waals surface area contributed by atoms with Crippen molar-refractivity contribution in [2.24, 2.45) is 10.8 Å². The topological polar surface area (TPSA) is 84.0 Å². The minimum atomic E-state index is -0.519. The molecular formula is C29H38Cl2N4O4. The molecule has 4 rings (SSSR count). The van der Waals surface area contributed by atoms with Crippen molar-refractivity contribution < 1.29 is 19.1 Å². The normalized spacial score (nSPS) is 22.1. The molecule has 0 radical (unpaired) electrons. The van der Waals surface area contributed by atoms with Crippen LogP contribution in [0.5, 0.6) is 5.75 Å². The highest BCUT2D eigenvalue weighted by atomic mass is 35.5. The van der Waals surface area contributed by atoms with E-state index in [1.165, 1.54) is 0 Å². The number of nitrogens with one attached hydrogen (secondary N) is 1. The Bertz CT molecular complexity index is 1200. The average Bonchev–Trinajstić information content (AvgIpc) is 2.86. The number of nitrogens with zero attached hydrogens (tertiary/aromatic N) is 3. The molecule has 2 aliphatic rings. The van der Waals surface area contributed by atoms with E-state index in [0.29, 0.717) is 47.5 Å². The van der Waals surface area contributed by atoms with Crippen LogP contribution in [0, 0.1) is 10.8 Å². The number of carbonyl (C=O) groups excluding carboxylic acids is 2. The molecule has 0 unspecified atom stereocenters. The Morgan fingerprint density at radius 1 is 0.974 bits per heavy atom. The molecule has 1 aliphatic heterocycles. The molecule has 39 heavy (non-hydrogen) atoms. The highest BCUT2D eigenvalue weighted by Crippen LogP contribution is 2.55. The third-order valence-electron chi connectivity index (χ3n) is 7.53. The molecule has 1 aromatic heterocycles. The number of piperazine rings is 1. The van der Waals surface area contributed by atoms with Crippen molar-refractivity contribution >= 4 is 41.0 Å². The van der Waals surface area contributed by atoms with Crippen LogP contribution in [0.2, 0.25) is 10.0 Å². The van der Waals surface area contributed by atoms with Crippen molar-refractivity contribution in [3.8, 4) is 5.75 Å². The molecule has 0 bridgehead atoms. The van der Waals surface area contributed by atoms with Gasteiger partial charge in [0.2, 0.25) is 0 Å². The van der Waals surface area contributed by atoms with E-state index >= 15 is 0 Å². The minimum absolute atomic E-state index is 0.120. The van der Waals surface area contributed by atoms with Crippen molar-refractivity contribution in [2.45, 2.75) is 66.2 Å². The second-order valence-corrected chi connectivity index (χ2v) is 13.3. The molecule has 10 heteroatoms. The average molecular weight is 578 g/mol. The number of hydrogen-bond acceptors (Lipinski definition) is 6. The van der Waals surface area contributed by atoms with E-state index in [0.717, 1.165) is 5.82 Å². The van der Waals surface area contributed by atoms with Crippen molar-refractivity contribution in [3.05, 3.63) is 52.1 Å². The molecule has 8 nitrogen and oxygen atoms in total. The van der Waals surface area contributed by atoms with Crippen molar-refractivity contribution in [3.63, 3.8) is 0 Å². The molecule has 1 saturated carbocycles. The minimum Gasteiger partial charge on any atom is -0.489 e. The monoisotopic (exact) mass is 576 g/mol. The van der Waals surface area contributed by atoms with Crippen LogP contribution in [0.15, 0.2) is 36.5 Å². The van der Waals surface area contributed by atoms with Gasteiger partial charge in [-0.3, -0.25) is 4.79 Å². The summed E-state index contributed by atoms with van der Waals surface area (Å²) in [5.41, 5.74) is -0.680. The Hall–Kier alpha value is -2.71. The second kappa shape index (κ2) is 10.7. The molecule has 2 fully saturated rings. The summed E-state index contributed by atoms with van der Waals surface area (Å²) in [5, 5.41) is 4.12. The predicted octanol–water partition coefficient (Wildman–Crippen LogP) is 6.06. The third-order valence-corrected chi connectivity index (χ3v) is 8.26. The number of hydrogen-bond donors (Lipinski definition) is 1. The van der Waals surface area contributed by atoms with E-state index in [1.807, 2.05) is 26.8 Å². The zero-order valence-electron chi connectivity index (χ0n) is 23.7. The van der Waals surface area contributed by atoms with E-state index in [-0.39, 0.29) is 35.0 Å². The van der Waals surface area contributed by atoms with Gasteiger partial charge >= 0.3 is 6.09 Å². The number of rotatable bonds is 5. The summed E-state index contributed by atoms with van der Waals surface area (Å²) in [4.78, 5) is 33.9. The summed E-state index contributed by atoms with van der Waals surface area (Å²) < 4.78 is 11.8. The first-order valence-corrected chi connectivity index (χ1v) is 14.0. The van der Waals surface area contributed by atoms with Crippen LogP contribution in [0.25, 0.3) is 0 Å². The number of pyridine rings is 1. The first-order chi connectivity index (χ1) is 18.1. The Labute approximate surface area is 240 Å². The van der Waals surface area contributed by atoms with Gasteiger partial charge < -0.3 is 24.6 Å². The molecule has 212 valence electrons. The van der Waals surface area contributed by atoms with Crippen molar-refractivity contribution in [1.29, 1.82) is 0 Å². The van der Waals surface area contributed by atoms with E-state index in [2.05, 4.69) is 42.9 Å². The maximum atomic E-state index is 13.2. The van der Waals surface area contributed by atoms with Gasteiger partial charge in [-0.15, -0.1) is 0 Å². The molecular weight excluding hydrogens is 539 g/mol. The zero-order valence-corrected chi connectivity index (χ0v) is 25.2. The van der Waals surface area contributed by atoms with E-state index in [1.54, 1.807) is 35.4 Å². The summed E-state index contributed by atoms with van der Waals surface area (Å²) in [5.74, 6) is 1.24. The standard InChI is InChI=1S/C29H38Cl2N4O4/c1-27(2,3)39-26(37)35-14-12-34(13-15-35)22-11-8-18(17-32-22)23(36)33-24-28(4,5)25(29(24,6)7)38-19-9-10-20(30)21(31)16-19/h8-11,16-17,24-25H,12-15H2,1-7H3,(H,33,36). The van der Waals surface area contributed by atoms with Crippen LogP contribution >= 0.6 is 23.2 Å². The quantitative estimate of drug-likeness (QED) is 0.466. The Kier molecular flexibility index (Phi) is 8.03. The Balaban J connectivity index is 1.34. The van der Waals surface area contributed by atoms with Gasteiger partial charge in [0, 0.05) is 55.3 Å². The van der Waals surface area contributed by atoms with Crippen LogP contribution < -0.4 is 15.0 Å². The molecule has 1 aliphatic carbocycles. The molecule has 2 heterocycles. The summed E-state index contributed by atoms with van der Waals surface area (Å²) in [6.07, 6.45) is 1.16. The number of amides is 2. The number of benzene rings is 1. The molecule has 1 aromatic carbocycles. The highest BCUT2D eigenvalue weighted by molar-refractivity contribution is 6.42. The fourth-order valence-electron chi connectivity index (χ4n) is 5.85. The number of halogens is 2. The molecule has 0 spiro atoms. The van der Waals surface area contributed by atoms with Crippen LogP contribution in [-0.4, -0.2) is 65.8 Å². The third kappa shape index (κ3) is 6.22. The van der Waals surface area contributed by atoms with Crippen LogP contribution in [-0.2, 0) is 4.74 Å². The van der Waals surface area contributed by atoms with Gasteiger partial charge in [-0.2, -0.15) is 0 Å². The van der Waals surface area contributed by atoms with E-state index in [4.69, 9.17) is 32.7 Å². The fourth-order valence-corrected chi connectivity index (χ4v) is 6.14. The lowest BCUT2D eigenvalue weighted by molar-refractivity contribution is -0.164. The van der Waals surface area contributed by atoms with Crippen molar-refractivity contribution in [1.82, 2.24) is 15.2 Å². The highest BCUT2D eigenvalue weighted by Gasteiger charge is 2.64. The van der Waals surface area contributed by atoms with E-state index in [9.17, 15) is 9.59 Å². The summed E-state index contributed by atoms with van der Waals surface area (Å²) in [7, 11) is 0. The van der Waals surface area contributed by atoms with Gasteiger partial charge in [-0.05, 0) is 45.0 Å². The van der Waals surface area contributed by atoms with Gasteiger partial charge in [0.1, 0.15) is 23.3 Å². The first-order valence-electron chi connectivity index (χ1n) is 13.2. The van der Waals surface area contributed by atoms with Gasteiger partial charge in [0.15, 0.2) is 0 Å². The lowest BCUT2D eigenvalue weighted by atomic mass is 9.49. The Morgan fingerprint density at radius 2 is 1.62 bits per heavy atom. The molecule has 2 amide bonds. The van der Waals surface area contributed by atoms with Crippen LogP contribution in [0.3, 0.4) is 0 Å². The number of aromatic nitrogens is 1. The molecule has 1 saturated heterocycles. The molecule has 1 N–H and O–H groups in total. The van der Waals surface area contributed by atoms with Gasteiger partial charge in [0.05, 0.1) is 15.6 Å². The maximum absolute atomic E-state index is 13.2. The lowest BCUT2D eigenvalue weighted by Crippen LogP contribution is -2.74. The van der Waals surface area contributed by atoms with Crippen LogP contribution in [0.1, 0.15) is 58.8 Å². The van der Waals surface area contributed by atoms with Gasteiger partial charge in [-0.25, -0.2) is 9.78 Å². The lowest BCUT2D eigenvalue weighted by Gasteiger charge is -2.63. The summed E-state index contributed by atoms with van der Waals surface area (Å²) in [6.45, 7) is 16.3. The van der Waals surface area contributed by atoms with E-state index < -0.39 is 5.60 Å². The second-order valence-electron chi connectivity index (χ2n) is 12.5. The summed E-state index contributed by atoms with van der Waals surface area (Å²) in [6, 6.07) is 8.76. The fraction of sp³-hybridized carbons (Fsp3) is 0.552. The maximum Gasteiger partial charge on any atom is 0.410 e. The van der Waals surface area contributed by atoms with Crippen LogP contribution in [0.4, 0.5) is 10.6 Å². The van der Waals surface area contributed by atoms with Gasteiger partial charge in [-0.1, -0.05) is 50.9 Å². The van der Waals surface area contributed by atoms with Crippen molar-refractivity contribution in [2.75, 3.05) is 31.1 Å². The molecule has 2 aromatic rings. The molecule has 0 atom stereocenters. The Morgan fingerprint density at radius 3 is 2.15 bits per heavy atom. The predicted molar refractivity (Wildman–Crippen MR) is 154 cm³/mol. The zero-order chi connectivity index (χ0) is 28.8. The largest absolute Gasteiger partial charge is 0.489 e. The smallest absolute Gasteiger partial charge is 0.410 e. The number of anilines is 1. The van der Waals surface area contributed by atoms with Gasteiger partial charge in [0.25, 0.3) is 5.91 Å².